The molecule has 1 fully saturated rings. The Balaban J connectivity index is 1.55. The molecule has 0 radical (unpaired) electrons. The average Bonchev–Trinajstić information content (AvgIpc) is 3.30. The normalized spacial score (nSPS) is 18.0. The van der Waals surface area contributed by atoms with E-state index >= 15 is 0 Å². The van der Waals surface area contributed by atoms with Gasteiger partial charge in [0, 0.05) is 12.6 Å². The summed E-state index contributed by atoms with van der Waals surface area (Å²) < 4.78 is 1.07. The number of nitrogens with zero attached hydrogens (tertiary/aromatic N) is 2. The van der Waals surface area contributed by atoms with Crippen LogP contribution in [0.4, 0.5) is 0 Å². The highest BCUT2D eigenvalue weighted by Crippen LogP contribution is 2.31. The summed E-state index contributed by atoms with van der Waals surface area (Å²) in [4.78, 5) is 22.6. The lowest BCUT2D eigenvalue weighted by Crippen LogP contribution is -2.29. The molecule has 1 aliphatic heterocycles. The number of halogens is 1. The van der Waals surface area contributed by atoms with Crippen LogP contribution < -0.4 is 0 Å². The largest absolute Gasteiger partial charge is 0.340 e. The van der Waals surface area contributed by atoms with Gasteiger partial charge in [-0.2, -0.15) is 0 Å². The molecule has 1 atom stereocenters. The van der Waals surface area contributed by atoms with Crippen LogP contribution in [0, 0.1) is 0 Å². The van der Waals surface area contributed by atoms with Gasteiger partial charge in [0.1, 0.15) is 5.82 Å². The van der Waals surface area contributed by atoms with Gasteiger partial charge in [-0.15, -0.1) is 11.3 Å². The molecule has 2 aromatic heterocycles. The summed E-state index contributed by atoms with van der Waals surface area (Å²) in [6.45, 7) is 0.776. The Morgan fingerprint density at radius 1 is 1.42 bits per heavy atom. The van der Waals surface area contributed by atoms with Gasteiger partial charge in [0.2, 0.25) is 5.91 Å². The van der Waals surface area contributed by atoms with E-state index in [1.807, 2.05) is 46.7 Å². The van der Waals surface area contributed by atoms with Crippen LogP contribution in [0.3, 0.4) is 0 Å². The van der Waals surface area contributed by atoms with Crippen LogP contribution in [0.2, 0.25) is 0 Å². The van der Waals surface area contributed by atoms with E-state index in [4.69, 9.17) is 0 Å². The molecular weight excluding hydrogens is 386 g/mol. The van der Waals surface area contributed by atoms with Crippen molar-refractivity contribution in [2.45, 2.75) is 18.9 Å². The number of benzene rings is 1. The van der Waals surface area contributed by atoms with Crippen molar-refractivity contribution in [3.8, 4) is 0 Å². The van der Waals surface area contributed by atoms with E-state index in [2.05, 4.69) is 25.9 Å². The number of imidazole rings is 1. The van der Waals surface area contributed by atoms with Gasteiger partial charge in [-0.25, -0.2) is 4.98 Å². The molecule has 0 aliphatic carbocycles. The molecule has 4 nitrogen and oxygen atoms in total. The molecule has 1 unspecified atom stereocenters. The molecule has 1 aromatic carbocycles. The van der Waals surface area contributed by atoms with Crippen molar-refractivity contribution < 1.29 is 4.79 Å². The van der Waals surface area contributed by atoms with Gasteiger partial charge in [0.15, 0.2) is 0 Å². The van der Waals surface area contributed by atoms with Crippen LogP contribution in [0.5, 0.6) is 0 Å². The van der Waals surface area contributed by atoms with E-state index in [9.17, 15) is 4.79 Å². The minimum Gasteiger partial charge on any atom is -0.340 e. The van der Waals surface area contributed by atoms with Crippen LogP contribution in [0.1, 0.15) is 30.3 Å². The molecule has 4 rings (SSSR count). The molecule has 0 bridgehead atoms. The minimum absolute atomic E-state index is 0.0313. The van der Waals surface area contributed by atoms with Gasteiger partial charge >= 0.3 is 0 Å². The zero-order valence-corrected chi connectivity index (χ0v) is 15.3. The predicted octanol–water partition coefficient (Wildman–Crippen LogP) is 4.76. The van der Waals surface area contributed by atoms with Crippen molar-refractivity contribution in [1.29, 1.82) is 0 Å². The number of aromatic nitrogens is 2. The van der Waals surface area contributed by atoms with Crippen LogP contribution in [0.15, 0.2) is 45.6 Å². The lowest BCUT2D eigenvalue weighted by molar-refractivity contribution is -0.126. The fourth-order valence-electron chi connectivity index (χ4n) is 3.12. The minimum atomic E-state index is 0.0313. The van der Waals surface area contributed by atoms with Crippen molar-refractivity contribution in [2.75, 3.05) is 6.54 Å². The third-order valence-corrected chi connectivity index (χ3v) is 5.79. The Morgan fingerprint density at radius 3 is 3.08 bits per heavy atom. The topological polar surface area (TPSA) is 49.0 Å². The molecule has 1 N–H and O–H groups in total. The van der Waals surface area contributed by atoms with E-state index in [-0.39, 0.29) is 11.9 Å². The maximum atomic E-state index is 12.6. The van der Waals surface area contributed by atoms with Crippen LogP contribution in [0.25, 0.3) is 17.1 Å². The van der Waals surface area contributed by atoms with Gasteiger partial charge < -0.3 is 9.88 Å². The second-order valence-corrected chi connectivity index (χ2v) is 8.14. The molecule has 1 amide bonds. The highest BCUT2D eigenvalue weighted by atomic mass is 79.9. The number of para-hydroxylation sites is 2. The number of amides is 1. The second kappa shape index (κ2) is 6.53. The molecule has 0 saturated carbocycles. The predicted molar refractivity (Wildman–Crippen MR) is 101 cm³/mol. The average molecular weight is 402 g/mol. The van der Waals surface area contributed by atoms with E-state index in [0.717, 1.165) is 45.6 Å². The fourth-order valence-corrected chi connectivity index (χ4v) is 4.26. The van der Waals surface area contributed by atoms with Crippen LogP contribution in [-0.4, -0.2) is 27.3 Å². The number of aromatic amines is 1. The molecule has 24 heavy (non-hydrogen) atoms. The first-order valence-electron chi connectivity index (χ1n) is 7.88. The molecular formula is C18H16BrN3OS. The summed E-state index contributed by atoms with van der Waals surface area (Å²) >= 11 is 5.05. The van der Waals surface area contributed by atoms with Gasteiger partial charge in [-0.1, -0.05) is 12.1 Å². The third kappa shape index (κ3) is 3.03. The number of thiophene rings is 1. The Bertz CT molecular complexity index is 881. The Kier molecular flexibility index (Phi) is 4.24. The lowest BCUT2D eigenvalue weighted by Gasteiger charge is -2.21. The van der Waals surface area contributed by atoms with E-state index in [1.54, 1.807) is 17.4 Å². The third-order valence-electron chi connectivity index (χ3n) is 4.27. The second-order valence-electron chi connectivity index (χ2n) is 5.85. The quantitative estimate of drug-likeness (QED) is 0.642. The molecule has 1 saturated heterocycles. The van der Waals surface area contributed by atoms with Gasteiger partial charge in [-0.05, 0) is 64.0 Å². The van der Waals surface area contributed by atoms with E-state index in [0.29, 0.717) is 0 Å². The van der Waals surface area contributed by atoms with E-state index < -0.39 is 0 Å². The summed E-state index contributed by atoms with van der Waals surface area (Å²) in [7, 11) is 0. The van der Waals surface area contributed by atoms with Crippen molar-refractivity contribution in [3.05, 3.63) is 57.0 Å². The van der Waals surface area contributed by atoms with Crippen molar-refractivity contribution in [1.82, 2.24) is 14.9 Å². The molecule has 1 aliphatic rings. The lowest BCUT2D eigenvalue weighted by atomic mass is 10.2. The Morgan fingerprint density at radius 2 is 2.29 bits per heavy atom. The Hall–Kier alpha value is -1.92. The maximum Gasteiger partial charge on any atom is 0.247 e. The molecule has 122 valence electrons. The molecule has 3 aromatic rings. The number of nitrogens with one attached hydrogen (secondary N) is 1. The molecule has 6 heteroatoms. The van der Waals surface area contributed by atoms with Gasteiger partial charge in [-0.3, -0.25) is 4.79 Å². The number of rotatable bonds is 3. The van der Waals surface area contributed by atoms with Crippen molar-refractivity contribution in [2.24, 2.45) is 0 Å². The van der Waals surface area contributed by atoms with Gasteiger partial charge in [0.05, 0.1) is 20.9 Å². The first-order chi connectivity index (χ1) is 11.7. The number of fused-ring (bicyclic) bond motifs is 1. The monoisotopic (exact) mass is 401 g/mol. The molecule has 0 spiro atoms. The van der Waals surface area contributed by atoms with Crippen LogP contribution in [-0.2, 0) is 4.79 Å². The number of hydrogen-bond donors (Lipinski definition) is 1. The summed E-state index contributed by atoms with van der Waals surface area (Å²) in [6, 6.07) is 10.0. The summed E-state index contributed by atoms with van der Waals surface area (Å²) in [5.74, 6) is 0.925. The highest BCUT2D eigenvalue weighted by molar-refractivity contribution is 9.11. The zero-order chi connectivity index (χ0) is 16.5. The van der Waals surface area contributed by atoms with Crippen molar-refractivity contribution in [3.63, 3.8) is 0 Å². The van der Waals surface area contributed by atoms with Crippen LogP contribution >= 0.6 is 27.3 Å². The standard InChI is InChI=1S/C18H16BrN3OS/c19-16-10-12(11-24-16)7-8-17(23)22-9-3-6-15(22)18-20-13-4-1-2-5-14(13)21-18/h1-2,4-5,7-8,10-11,15H,3,6,9H2,(H,20,21)/b8-7+. The number of likely N-dealkylation sites (tertiary alicyclic amines) is 1. The van der Waals surface area contributed by atoms with E-state index in [1.165, 1.54) is 0 Å². The first-order valence-corrected chi connectivity index (χ1v) is 9.55. The maximum absolute atomic E-state index is 12.6. The number of carbonyl (C=O) groups excluding carboxylic acids is 1. The molecule has 3 heterocycles. The van der Waals surface area contributed by atoms with Gasteiger partial charge in [0.25, 0.3) is 0 Å². The Labute approximate surface area is 152 Å². The van der Waals surface area contributed by atoms with Crippen molar-refractivity contribution >= 4 is 50.3 Å². The smallest absolute Gasteiger partial charge is 0.247 e. The zero-order valence-electron chi connectivity index (χ0n) is 12.9. The SMILES string of the molecule is O=C(/C=C/c1csc(Br)c1)N1CCCC1c1nc2ccccc2[nH]1. The number of carbonyl (C=O) groups is 1. The summed E-state index contributed by atoms with van der Waals surface area (Å²) in [5, 5.41) is 2.02. The summed E-state index contributed by atoms with van der Waals surface area (Å²) in [6.07, 6.45) is 5.49. The summed E-state index contributed by atoms with van der Waals surface area (Å²) in [5.41, 5.74) is 3.01. The fraction of sp³-hybridized carbons (Fsp3) is 0.222. The first kappa shape index (κ1) is 15.6. The number of hydrogen-bond acceptors (Lipinski definition) is 3. The number of H-pyrrole nitrogens is 1. The highest BCUT2D eigenvalue weighted by Gasteiger charge is 2.31.